The summed E-state index contributed by atoms with van der Waals surface area (Å²) in [5, 5.41) is 12.8. The van der Waals surface area contributed by atoms with Crippen LogP contribution in [0.2, 0.25) is 0 Å². The van der Waals surface area contributed by atoms with Crippen molar-refractivity contribution < 1.29 is 14.6 Å². The highest BCUT2D eigenvalue weighted by molar-refractivity contribution is 5.46. The number of aliphatic hydroxyl groups is 1. The van der Waals surface area contributed by atoms with Crippen LogP contribution in [-0.2, 0) is 6.54 Å². The Morgan fingerprint density at radius 1 is 1.32 bits per heavy atom. The van der Waals surface area contributed by atoms with Gasteiger partial charge in [-0.05, 0) is 25.5 Å². The topological polar surface area (TPSA) is 50.7 Å². The van der Waals surface area contributed by atoms with E-state index in [9.17, 15) is 5.11 Å². The van der Waals surface area contributed by atoms with E-state index in [1.807, 2.05) is 19.1 Å². The van der Waals surface area contributed by atoms with Crippen molar-refractivity contribution in [2.45, 2.75) is 38.8 Å². The van der Waals surface area contributed by atoms with Gasteiger partial charge in [-0.1, -0.05) is 19.1 Å². The molecule has 0 amide bonds. The number of aliphatic hydroxyl groups excluding tert-OH is 1. The summed E-state index contributed by atoms with van der Waals surface area (Å²) in [4.78, 5) is 0. The lowest BCUT2D eigenvalue weighted by Crippen LogP contribution is -2.20. The quantitative estimate of drug-likeness (QED) is 0.773. The van der Waals surface area contributed by atoms with Gasteiger partial charge in [-0.15, -0.1) is 0 Å². The van der Waals surface area contributed by atoms with Crippen molar-refractivity contribution in [3.63, 3.8) is 0 Å². The smallest absolute Gasteiger partial charge is 0.165 e. The van der Waals surface area contributed by atoms with Crippen molar-refractivity contribution >= 4 is 0 Å². The van der Waals surface area contributed by atoms with Crippen LogP contribution in [0, 0.1) is 0 Å². The van der Waals surface area contributed by atoms with Gasteiger partial charge in [-0.2, -0.15) is 0 Å². The molecule has 1 aromatic rings. The van der Waals surface area contributed by atoms with Crippen LogP contribution in [0.3, 0.4) is 0 Å². The summed E-state index contributed by atoms with van der Waals surface area (Å²) in [5.41, 5.74) is 1.12. The first-order chi connectivity index (χ1) is 9.31. The summed E-state index contributed by atoms with van der Waals surface area (Å²) in [5.74, 6) is 1.70. The first kappa shape index (κ1) is 14.2. The van der Waals surface area contributed by atoms with Gasteiger partial charge < -0.3 is 19.9 Å². The van der Waals surface area contributed by atoms with Crippen LogP contribution >= 0.6 is 0 Å². The number of benzene rings is 1. The van der Waals surface area contributed by atoms with Crippen molar-refractivity contribution in [2.24, 2.45) is 0 Å². The Balaban J connectivity index is 1.89. The summed E-state index contributed by atoms with van der Waals surface area (Å²) in [7, 11) is 0. The number of hydrogen-bond acceptors (Lipinski definition) is 4. The Morgan fingerprint density at radius 3 is 3.00 bits per heavy atom. The fraction of sp³-hybridized carbons (Fsp3) is 0.600. The Hall–Kier alpha value is -1.26. The van der Waals surface area contributed by atoms with Crippen molar-refractivity contribution in [3.8, 4) is 11.5 Å². The van der Waals surface area contributed by atoms with E-state index in [4.69, 9.17) is 9.47 Å². The van der Waals surface area contributed by atoms with Gasteiger partial charge in [0.2, 0.25) is 0 Å². The van der Waals surface area contributed by atoms with Crippen LogP contribution in [0.5, 0.6) is 11.5 Å². The number of fused-ring (bicyclic) bond motifs is 1. The molecule has 0 aromatic heterocycles. The molecule has 1 atom stereocenters. The van der Waals surface area contributed by atoms with Gasteiger partial charge in [-0.25, -0.2) is 0 Å². The number of ether oxygens (including phenoxy) is 2. The van der Waals surface area contributed by atoms with E-state index in [2.05, 4.69) is 11.4 Å². The summed E-state index contributed by atoms with van der Waals surface area (Å²) in [6, 6.07) is 5.99. The van der Waals surface area contributed by atoms with Gasteiger partial charge >= 0.3 is 0 Å². The summed E-state index contributed by atoms with van der Waals surface area (Å²) < 4.78 is 11.4. The van der Waals surface area contributed by atoms with E-state index in [1.54, 1.807) is 0 Å². The van der Waals surface area contributed by atoms with Crippen LogP contribution in [0.4, 0.5) is 0 Å². The third kappa shape index (κ3) is 4.11. The normalized spacial score (nSPS) is 15.9. The molecule has 0 aliphatic carbocycles. The molecule has 19 heavy (non-hydrogen) atoms. The molecule has 1 aliphatic rings. The third-order valence-electron chi connectivity index (χ3n) is 3.29. The van der Waals surface area contributed by atoms with Gasteiger partial charge in [0, 0.05) is 18.5 Å². The second-order valence-corrected chi connectivity index (χ2v) is 4.82. The molecule has 2 rings (SSSR count). The highest BCUT2D eigenvalue weighted by Crippen LogP contribution is 2.33. The van der Waals surface area contributed by atoms with Crippen LogP contribution in [0.1, 0.15) is 31.7 Å². The lowest BCUT2D eigenvalue weighted by atomic mass is 10.1. The van der Waals surface area contributed by atoms with Crippen LogP contribution in [-0.4, -0.2) is 31.0 Å². The standard InChI is InChI=1S/C15H23NO3/c1-2-13(17)7-8-16-11-12-5-3-6-14-15(12)19-10-4-9-18-14/h3,5-6,13,16-17H,2,4,7-11H2,1H3. The average molecular weight is 265 g/mol. The zero-order chi connectivity index (χ0) is 13.5. The third-order valence-corrected chi connectivity index (χ3v) is 3.29. The van der Waals surface area contributed by atoms with Gasteiger partial charge in [0.15, 0.2) is 11.5 Å². The Labute approximate surface area is 114 Å². The lowest BCUT2D eigenvalue weighted by Gasteiger charge is -2.13. The molecule has 1 aliphatic heterocycles. The minimum atomic E-state index is -0.208. The maximum absolute atomic E-state index is 9.50. The molecule has 0 bridgehead atoms. The average Bonchev–Trinajstić information content (AvgIpc) is 2.69. The van der Waals surface area contributed by atoms with E-state index >= 15 is 0 Å². The predicted octanol–water partition coefficient (Wildman–Crippen LogP) is 2.10. The molecule has 4 heteroatoms. The van der Waals surface area contributed by atoms with Gasteiger partial charge in [0.1, 0.15) is 0 Å². The number of nitrogens with one attached hydrogen (secondary N) is 1. The first-order valence-corrected chi connectivity index (χ1v) is 7.07. The fourth-order valence-corrected chi connectivity index (χ4v) is 2.09. The monoisotopic (exact) mass is 265 g/mol. The summed E-state index contributed by atoms with van der Waals surface area (Å²) >= 11 is 0. The molecular formula is C15H23NO3. The van der Waals surface area contributed by atoms with Crippen molar-refractivity contribution in [1.82, 2.24) is 5.32 Å². The molecule has 0 saturated carbocycles. The Kier molecular flexibility index (Phi) is 5.48. The van der Waals surface area contributed by atoms with Gasteiger partial charge in [0.05, 0.1) is 19.3 Å². The minimum absolute atomic E-state index is 0.208. The SMILES string of the molecule is CCC(O)CCNCc1cccc2c1OCCCO2. The summed E-state index contributed by atoms with van der Waals surface area (Å²) in [6.07, 6.45) is 2.30. The van der Waals surface area contributed by atoms with Crippen LogP contribution in [0.25, 0.3) is 0 Å². The fourth-order valence-electron chi connectivity index (χ4n) is 2.09. The molecule has 2 N–H and O–H groups in total. The molecule has 0 radical (unpaired) electrons. The van der Waals surface area contributed by atoms with Crippen molar-refractivity contribution in [1.29, 1.82) is 0 Å². The Morgan fingerprint density at radius 2 is 2.16 bits per heavy atom. The molecule has 4 nitrogen and oxygen atoms in total. The van der Waals surface area contributed by atoms with Crippen molar-refractivity contribution in [3.05, 3.63) is 23.8 Å². The van der Waals surface area contributed by atoms with Gasteiger partial charge in [-0.3, -0.25) is 0 Å². The van der Waals surface area contributed by atoms with E-state index in [1.165, 1.54) is 0 Å². The second-order valence-electron chi connectivity index (χ2n) is 4.82. The Bertz CT molecular complexity index is 395. The molecule has 1 heterocycles. The number of para-hydroxylation sites is 1. The van der Waals surface area contributed by atoms with E-state index in [0.29, 0.717) is 13.2 Å². The maximum Gasteiger partial charge on any atom is 0.165 e. The molecule has 1 aromatic carbocycles. The summed E-state index contributed by atoms with van der Waals surface area (Å²) in [6.45, 7) is 4.96. The van der Waals surface area contributed by atoms with E-state index < -0.39 is 0 Å². The molecule has 0 saturated heterocycles. The van der Waals surface area contributed by atoms with Crippen LogP contribution in [0.15, 0.2) is 18.2 Å². The molecular weight excluding hydrogens is 242 g/mol. The molecule has 0 fully saturated rings. The zero-order valence-corrected chi connectivity index (χ0v) is 11.5. The maximum atomic E-state index is 9.50. The first-order valence-electron chi connectivity index (χ1n) is 7.07. The zero-order valence-electron chi connectivity index (χ0n) is 11.5. The van der Waals surface area contributed by atoms with Crippen LogP contribution < -0.4 is 14.8 Å². The van der Waals surface area contributed by atoms with Gasteiger partial charge in [0.25, 0.3) is 0 Å². The van der Waals surface area contributed by atoms with E-state index in [-0.39, 0.29) is 6.10 Å². The highest BCUT2D eigenvalue weighted by atomic mass is 16.5. The van der Waals surface area contributed by atoms with Crippen molar-refractivity contribution in [2.75, 3.05) is 19.8 Å². The number of hydrogen-bond donors (Lipinski definition) is 2. The predicted molar refractivity (Wildman–Crippen MR) is 74.7 cm³/mol. The second kappa shape index (κ2) is 7.36. The largest absolute Gasteiger partial charge is 0.490 e. The molecule has 106 valence electrons. The molecule has 0 spiro atoms. The highest BCUT2D eigenvalue weighted by Gasteiger charge is 2.13. The minimum Gasteiger partial charge on any atom is -0.490 e. The van der Waals surface area contributed by atoms with E-state index in [0.717, 1.165) is 49.4 Å². The number of rotatable bonds is 6. The molecule has 1 unspecified atom stereocenters. The lowest BCUT2D eigenvalue weighted by molar-refractivity contribution is 0.159.